The zero-order valence-corrected chi connectivity index (χ0v) is 11.9. The molecule has 1 aliphatic heterocycles. The summed E-state index contributed by atoms with van der Waals surface area (Å²) < 4.78 is 6.65. The summed E-state index contributed by atoms with van der Waals surface area (Å²) in [6, 6.07) is 5.93. The molecule has 0 saturated carbocycles. The summed E-state index contributed by atoms with van der Waals surface area (Å²) in [4.78, 5) is 0. The van der Waals surface area contributed by atoms with Gasteiger partial charge in [-0.05, 0) is 49.4 Å². The number of rotatable bonds is 5. The molecule has 0 bridgehead atoms. The summed E-state index contributed by atoms with van der Waals surface area (Å²) in [5.41, 5.74) is 10.7. The van der Waals surface area contributed by atoms with Crippen molar-refractivity contribution in [2.24, 2.45) is 5.84 Å². The van der Waals surface area contributed by atoms with Crippen LogP contribution in [0.3, 0.4) is 0 Å². The van der Waals surface area contributed by atoms with Gasteiger partial charge in [-0.15, -0.1) is 0 Å². The van der Waals surface area contributed by atoms with Crippen LogP contribution in [0.1, 0.15) is 37.3 Å². The van der Waals surface area contributed by atoms with E-state index in [1.54, 1.807) is 0 Å². The zero-order valence-electron chi connectivity index (χ0n) is 10.4. The molecule has 5 N–H and O–H groups in total. The van der Waals surface area contributed by atoms with E-state index in [2.05, 4.69) is 21.4 Å². The van der Waals surface area contributed by atoms with Crippen LogP contribution in [0.25, 0.3) is 0 Å². The van der Waals surface area contributed by atoms with Crippen LogP contribution in [-0.4, -0.2) is 12.7 Å². The maximum absolute atomic E-state index is 6.00. The van der Waals surface area contributed by atoms with Gasteiger partial charge in [0.25, 0.3) is 0 Å². The summed E-state index contributed by atoms with van der Waals surface area (Å²) in [6.07, 6.45) is 4.66. The van der Waals surface area contributed by atoms with E-state index < -0.39 is 0 Å². The molecule has 4 nitrogen and oxygen atoms in total. The first-order chi connectivity index (χ1) is 8.70. The molecule has 1 aromatic carbocycles. The number of hydrogen-bond acceptors (Lipinski definition) is 4. The van der Waals surface area contributed by atoms with Crippen LogP contribution in [0, 0.1) is 0 Å². The second kappa shape index (κ2) is 6.52. The maximum atomic E-state index is 6.00. The average molecular weight is 314 g/mol. The normalized spacial score (nSPS) is 21.1. The van der Waals surface area contributed by atoms with Crippen LogP contribution < -0.4 is 17.0 Å². The number of halogens is 1. The Hall–Kier alpha value is -0.620. The van der Waals surface area contributed by atoms with Crippen molar-refractivity contribution in [3.8, 4) is 0 Å². The number of hydrogen-bond donors (Lipinski definition) is 3. The Balaban J connectivity index is 2.00. The van der Waals surface area contributed by atoms with E-state index in [1.165, 1.54) is 6.42 Å². The number of benzene rings is 1. The Morgan fingerprint density at radius 1 is 1.50 bits per heavy atom. The van der Waals surface area contributed by atoms with Gasteiger partial charge in [-0.2, -0.15) is 0 Å². The van der Waals surface area contributed by atoms with Crippen molar-refractivity contribution in [3.63, 3.8) is 0 Å². The first kappa shape index (κ1) is 13.8. The predicted molar refractivity (Wildman–Crippen MR) is 76.8 cm³/mol. The van der Waals surface area contributed by atoms with Crippen LogP contribution in [0.4, 0.5) is 5.69 Å². The lowest BCUT2D eigenvalue weighted by Gasteiger charge is -2.20. The highest BCUT2D eigenvalue weighted by Gasteiger charge is 2.19. The monoisotopic (exact) mass is 313 g/mol. The van der Waals surface area contributed by atoms with Gasteiger partial charge in [0.15, 0.2) is 0 Å². The van der Waals surface area contributed by atoms with Crippen molar-refractivity contribution in [1.29, 1.82) is 0 Å². The average Bonchev–Trinajstić information content (AvgIpc) is 2.87. The standard InChI is InChI=1S/C13H20BrN3O/c14-9-3-5-12(15)11(8-9)13(17-16)6-4-10-2-1-7-18-10/h3,5,8,10,13,17H,1-2,4,6-7,15-16H2. The van der Waals surface area contributed by atoms with E-state index in [4.69, 9.17) is 16.3 Å². The highest BCUT2D eigenvalue weighted by molar-refractivity contribution is 9.10. The molecular formula is C13H20BrN3O. The van der Waals surface area contributed by atoms with Gasteiger partial charge in [-0.25, -0.2) is 0 Å². The van der Waals surface area contributed by atoms with Gasteiger partial charge in [0.05, 0.1) is 6.10 Å². The van der Waals surface area contributed by atoms with Crippen LogP contribution in [0.5, 0.6) is 0 Å². The summed E-state index contributed by atoms with van der Waals surface area (Å²) >= 11 is 3.46. The maximum Gasteiger partial charge on any atom is 0.0576 e. The highest BCUT2D eigenvalue weighted by Crippen LogP contribution is 2.29. The Bertz CT molecular complexity index is 394. The van der Waals surface area contributed by atoms with Crippen LogP contribution in [0.15, 0.2) is 22.7 Å². The van der Waals surface area contributed by atoms with Gasteiger partial charge in [0.2, 0.25) is 0 Å². The number of nitrogen functional groups attached to an aromatic ring is 1. The molecular weight excluding hydrogens is 294 g/mol. The quantitative estimate of drug-likeness (QED) is 0.443. The summed E-state index contributed by atoms with van der Waals surface area (Å²) in [7, 11) is 0. The molecule has 2 rings (SSSR count). The fourth-order valence-corrected chi connectivity index (χ4v) is 2.78. The van der Waals surface area contributed by atoms with Gasteiger partial charge in [0.1, 0.15) is 0 Å². The van der Waals surface area contributed by atoms with E-state index in [1.807, 2.05) is 18.2 Å². The van der Waals surface area contributed by atoms with E-state index in [-0.39, 0.29) is 6.04 Å². The van der Waals surface area contributed by atoms with Crippen LogP contribution in [-0.2, 0) is 4.74 Å². The molecule has 1 saturated heterocycles. The van der Waals surface area contributed by atoms with Crippen molar-refractivity contribution in [3.05, 3.63) is 28.2 Å². The largest absolute Gasteiger partial charge is 0.398 e. The fourth-order valence-electron chi connectivity index (χ4n) is 2.40. The summed E-state index contributed by atoms with van der Waals surface area (Å²) in [6.45, 7) is 0.893. The highest BCUT2D eigenvalue weighted by atomic mass is 79.9. The first-order valence-corrected chi connectivity index (χ1v) is 7.12. The number of nitrogens with two attached hydrogens (primary N) is 2. The van der Waals surface area contributed by atoms with Crippen molar-refractivity contribution < 1.29 is 4.74 Å². The Labute approximate surface area is 116 Å². The molecule has 1 aliphatic rings. The third-order valence-electron chi connectivity index (χ3n) is 3.43. The predicted octanol–water partition coefficient (Wildman–Crippen LogP) is 2.49. The second-order valence-corrected chi connectivity index (χ2v) is 5.62. The summed E-state index contributed by atoms with van der Waals surface area (Å²) in [5, 5.41) is 0. The Kier molecular flexibility index (Phi) is 5.00. The number of hydrazine groups is 1. The molecule has 0 amide bonds. The van der Waals surface area contributed by atoms with Crippen molar-refractivity contribution in [2.75, 3.05) is 12.3 Å². The Morgan fingerprint density at radius 3 is 3.00 bits per heavy atom. The number of nitrogens with one attached hydrogen (secondary N) is 1. The molecule has 2 atom stereocenters. The van der Waals surface area contributed by atoms with Crippen LogP contribution in [0.2, 0.25) is 0 Å². The van der Waals surface area contributed by atoms with Gasteiger partial charge < -0.3 is 10.5 Å². The van der Waals surface area contributed by atoms with E-state index in [0.717, 1.165) is 41.6 Å². The van der Waals surface area contributed by atoms with E-state index in [0.29, 0.717) is 6.10 Å². The molecule has 100 valence electrons. The lowest BCUT2D eigenvalue weighted by atomic mass is 9.98. The van der Waals surface area contributed by atoms with E-state index in [9.17, 15) is 0 Å². The zero-order chi connectivity index (χ0) is 13.0. The third kappa shape index (κ3) is 3.45. The number of anilines is 1. The topological polar surface area (TPSA) is 73.3 Å². The van der Waals surface area contributed by atoms with E-state index >= 15 is 0 Å². The minimum atomic E-state index is 0.0756. The van der Waals surface area contributed by atoms with Crippen LogP contribution >= 0.6 is 15.9 Å². The molecule has 1 heterocycles. The second-order valence-electron chi connectivity index (χ2n) is 4.70. The SMILES string of the molecule is NNC(CCC1CCCO1)c1cc(Br)ccc1N. The molecule has 0 aromatic heterocycles. The van der Waals surface area contributed by atoms with Crippen molar-refractivity contribution in [2.45, 2.75) is 37.8 Å². The molecule has 1 aromatic rings. The smallest absolute Gasteiger partial charge is 0.0576 e. The minimum Gasteiger partial charge on any atom is -0.398 e. The molecule has 1 fully saturated rings. The van der Waals surface area contributed by atoms with Gasteiger partial charge >= 0.3 is 0 Å². The molecule has 0 aliphatic carbocycles. The molecule has 18 heavy (non-hydrogen) atoms. The molecule has 5 heteroatoms. The Morgan fingerprint density at radius 2 is 2.33 bits per heavy atom. The molecule has 0 spiro atoms. The van der Waals surface area contributed by atoms with Gasteiger partial charge in [-0.3, -0.25) is 11.3 Å². The lowest BCUT2D eigenvalue weighted by molar-refractivity contribution is 0.0996. The fraction of sp³-hybridized carbons (Fsp3) is 0.538. The van der Waals surface area contributed by atoms with Crippen molar-refractivity contribution in [1.82, 2.24) is 5.43 Å². The van der Waals surface area contributed by atoms with Crippen molar-refractivity contribution >= 4 is 21.6 Å². The minimum absolute atomic E-state index is 0.0756. The number of ether oxygens (including phenoxy) is 1. The first-order valence-electron chi connectivity index (χ1n) is 6.33. The third-order valence-corrected chi connectivity index (χ3v) is 3.92. The molecule has 2 unspecified atom stereocenters. The van der Waals surface area contributed by atoms with Gasteiger partial charge in [-0.1, -0.05) is 15.9 Å². The molecule has 0 radical (unpaired) electrons. The lowest BCUT2D eigenvalue weighted by Crippen LogP contribution is -2.29. The van der Waals surface area contributed by atoms with Gasteiger partial charge in [0, 0.05) is 22.8 Å². The summed E-state index contributed by atoms with van der Waals surface area (Å²) in [5.74, 6) is 5.65.